The molecule has 0 aliphatic rings. The van der Waals surface area contributed by atoms with Crippen molar-refractivity contribution in [2.24, 2.45) is 0 Å². The molecule has 4 unspecified atom stereocenters. The number of allylic oxidation sites excluding steroid dienone is 4. The van der Waals surface area contributed by atoms with Crippen LogP contribution >= 0.6 is 0 Å². The average molecular weight is 582 g/mol. The molecule has 0 aliphatic heterocycles. The van der Waals surface area contributed by atoms with E-state index in [1.54, 1.807) is 0 Å². The van der Waals surface area contributed by atoms with Crippen molar-refractivity contribution < 1.29 is 25.2 Å². The molecule has 0 aromatic rings. The second-order valence-corrected chi connectivity index (χ2v) is 11.9. The Hall–Kier alpha value is -1.21. The van der Waals surface area contributed by atoms with Crippen LogP contribution in [-0.4, -0.2) is 57.3 Å². The summed E-state index contributed by atoms with van der Waals surface area (Å²) in [5.41, 5.74) is 0. The number of aliphatic hydroxyl groups is 4. The highest BCUT2D eigenvalue weighted by Crippen LogP contribution is 2.15. The number of hydrogen-bond acceptors (Lipinski definition) is 5. The molecule has 0 radical (unpaired) electrons. The van der Waals surface area contributed by atoms with E-state index < -0.39 is 36.9 Å². The summed E-state index contributed by atoms with van der Waals surface area (Å²) in [6.45, 7) is 3.94. The molecule has 0 heterocycles. The van der Waals surface area contributed by atoms with E-state index in [-0.39, 0.29) is 0 Å². The third-order valence-electron chi connectivity index (χ3n) is 7.94. The first kappa shape index (κ1) is 39.8. The first-order chi connectivity index (χ1) is 20.0. The maximum Gasteiger partial charge on any atom is 0.249 e. The zero-order valence-electron chi connectivity index (χ0n) is 26.8. The van der Waals surface area contributed by atoms with E-state index in [1.807, 2.05) is 0 Å². The molecule has 5 N–H and O–H groups in total. The molecule has 6 heteroatoms. The molecule has 4 atom stereocenters. The van der Waals surface area contributed by atoms with Crippen LogP contribution in [0.2, 0.25) is 0 Å². The van der Waals surface area contributed by atoms with Gasteiger partial charge in [-0.2, -0.15) is 0 Å². The lowest BCUT2D eigenvalue weighted by molar-refractivity contribution is -0.132. The minimum Gasteiger partial charge on any atom is -0.394 e. The van der Waals surface area contributed by atoms with Gasteiger partial charge in [0.15, 0.2) is 0 Å². The minimum atomic E-state index is -1.25. The predicted molar refractivity (Wildman–Crippen MR) is 173 cm³/mol. The normalized spacial score (nSPS) is 15.0. The largest absolute Gasteiger partial charge is 0.394 e. The van der Waals surface area contributed by atoms with Crippen molar-refractivity contribution in [3.63, 3.8) is 0 Å². The fourth-order valence-electron chi connectivity index (χ4n) is 5.10. The van der Waals surface area contributed by atoms with Crippen LogP contribution in [0.3, 0.4) is 0 Å². The van der Waals surface area contributed by atoms with Gasteiger partial charge in [0.1, 0.15) is 12.2 Å². The summed E-state index contributed by atoms with van der Waals surface area (Å²) in [6, 6.07) is -0.982. The lowest BCUT2D eigenvalue weighted by Crippen LogP contribution is -2.53. The zero-order chi connectivity index (χ0) is 30.4. The second kappa shape index (κ2) is 30.3. The van der Waals surface area contributed by atoms with Gasteiger partial charge in [0.05, 0.1) is 18.8 Å². The highest BCUT2D eigenvalue weighted by molar-refractivity contribution is 5.80. The maximum absolute atomic E-state index is 12.4. The molecule has 0 saturated heterocycles. The van der Waals surface area contributed by atoms with Crippen molar-refractivity contribution in [3.8, 4) is 0 Å². The molecule has 0 saturated carbocycles. The number of amides is 1. The van der Waals surface area contributed by atoms with E-state index in [2.05, 4.69) is 43.5 Å². The summed E-state index contributed by atoms with van der Waals surface area (Å²) >= 11 is 0. The standard InChI is InChI=1S/C35H67NO5/c1-3-5-7-9-11-12-13-14-15-16-17-18-19-20-21-23-25-27-29-33(39)35(41)36-31(30-37)34(40)32(38)28-26-24-22-10-8-6-4-2/h11-14,31-34,37-40H,3-10,15-30H2,1-2H3,(H,36,41)/b12-11-,14-13-. The third-order valence-corrected chi connectivity index (χ3v) is 7.94. The molecule has 41 heavy (non-hydrogen) atoms. The Bertz CT molecular complexity index is 624. The van der Waals surface area contributed by atoms with Crippen LogP contribution in [0.15, 0.2) is 24.3 Å². The summed E-state index contributed by atoms with van der Waals surface area (Å²) in [5, 5.41) is 43.1. The summed E-state index contributed by atoms with van der Waals surface area (Å²) in [5.74, 6) is -0.593. The van der Waals surface area contributed by atoms with Crippen molar-refractivity contribution in [2.75, 3.05) is 6.61 Å². The summed E-state index contributed by atoms with van der Waals surface area (Å²) in [6.07, 6.45) is 30.7. The van der Waals surface area contributed by atoms with Crippen LogP contribution in [0.1, 0.15) is 162 Å². The number of hydrogen-bond donors (Lipinski definition) is 5. The molecular formula is C35H67NO5. The molecular weight excluding hydrogens is 514 g/mol. The average Bonchev–Trinajstić information content (AvgIpc) is 2.98. The van der Waals surface area contributed by atoms with Crippen LogP contribution in [0, 0.1) is 0 Å². The van der Waals surface area contributed by atoms with Crippen LogP contribution in [0.4, 0.5) is 0 Å². The second-order valence-electron chi connectivity index (χ2n) is 11.9. The lowest BCUT2D eigenvalue weighted by atomic mass is 9.99. The van der Waals surface area contributed by atoms with Crippen LogP contribution in [0.5, 0.6) is 0 Å². The number of nitrogens with one attached hydrogen (secondary N) is 1. The SMILES string of the molecule is CCCCC/C=C\C=C/CCCCCCCCCCCC(O)C(=O)NC(CO)C(O)C(O)CCCCCCCCC. The Balaban J connectivity index is 3.79. The minimum absolute atomic E-state index is 0.363. The number of aliphatic hydroxyl groups excluding tert-OH is 4. The summed E-state index contributed by atoms with van der Waals surface area (Å²) in [7, 11) is 0. The van der Waals surface area contributed by atoms with Gasteiger partial charge in [-0.15, -0.1) is 0 Å². The predicted octanol–water partition coefficient (Wildman–Crippen LogP) is 7.67. The van der Waals surface area contributed by atoms with E-state index in [1.165, 1.54) is 89.9 Å². The fourth-order valence-corrected chi connectivity index (χ4v) is 5.10. The summed E-state index contributed by atoms with van der Waals surface area (Å²) < 4.78 is 0. The Morgan fingerprint density at radius 1 is 0.610 bits per heavy atom. The van der Waals surface area contributed by atoms with Gasteiger partial charge in [0.2, 0.25) is 5.91 Å². The third kappa shape index (κ3) is 25.0. The van der Waals surface area contributed by atoms with E-state index in [4.69, 9.17) is 0 Å². The zero-order valence-corrected chi connectivity index (χ0v) is 26.8. The quantitative estimate of drug-likeness (QED) is 0.0442. The first-order valence-corrected chi connectivity index (χ1v) is 17.2. The van der Waals surface area contributed by atoms with E-state index in [0.29, 0.717) is 12.8 Å². The Kier molecular flexibility index (Phi) is 29.4. The molecule has 0 rings (SSSR count). The van der Waals surface area contributed by atoms with Gasteiger partial charge in [-0.05, 0) is 38.5 Å². The lowest BCUT2D eigenvalue weighted by Gasteiger charge is -2.27. The topological polar surface area (TPSA) is 110 Å². The van der Waals surface area contributed by atoms with Crippen LogP contribution in [0.25, 0.3) is 0 Å². The molecule has 0 spiro atoms. The van der Waals surface area contributed by atoms with Gasteiger partial charge < -0.3 is 25.7 Å². The van der Waals surface area contributed by atoms with E-state index >= 15 is 0 Å². The van der Waals surface area contributed by atoms with Gasteiger partial charge in [0, 0.05) is 0 Å². The van der Waals surface area contributed by atoms with Crippen molar-refractivity contribution in [2.45, 2.75) is 186 Å². The van der Waals surface area contributed by atoms with Crippen LogP contribution in [-0.2, 0) is 4.79 Å². The molecule has 1 amide bonds. The Morgan fingerprint density at radius 2 is 1.02 bits per heavy atom. The smallest absolute Gasteiger partial charge is 0.249 e. The number of carbonyl (C=O) groups is 1. The monoisotopic (exact) mass is 582 g/mol. The van der Waals surface area contributed by atoms with Gasteiger partial charge in [-0.3, -0.25) is 4.79 Å². The fraction of sp³-hybridized carbons (Fsp3) is 0.857. The number of rotatable bonds is 30. The Morgan fingerprint density at radius 3 is 1.54 bits per heavy atom. The first-order valence-electron chi connectivity index (χ1n) is 17.2. The molecule has 0 aliphatic carbocycles. The van der Waals surface area contributed by atoms with Crippen molar-refractivity contribution in [1.82, 2.24) is 5.32 Å². The van der Waals surface area contributed by atoms with Gasteiger partial charge in [-0.25, -0.2) is 0 Å². The highest BCUT2D eigenvalue weighted by Gasteiger charge is 2.28. The number of unbranched alkanes of at least 4 members (excludes halogenated alkanes) is 18. The molecule has 0 aromatic heterocycles. The molecule has 0 fully saturated rings. The molecule has 0 bridgehead atoms. The van der Waals surface area contributed by atoms with E-state index in [9.17, 15) is 25.2 Å². The van der Waals surface area contributed by atoms with Gasteiger partial charge in [-0.1, -0.05) is 147 Å². The maximum atomic E-state index is 12.4. The number of carbonyl (C=O) groups excluding carboxylic acids is 1. The van der Waals surface area contributed by atoms with Gasteiger partial charge >= 0.3 is 0 Å². The molecule has 242 valence electrons. The molecule has 6 nitrogen and oxygen atoms in total. The van der Waals surface area contributed by atoms with Crippen molar-refractivity contribution in [1.29, 1.82) is 0 Å². The van der Waals surface area contributed by atoms with Crippen LogP contribution < -0.4 is 5.32 Å². The highest BCUT2D eigenvalue weighted by atomic mass is 16.3. The summed E-state index contributed by atoms with van der Waals surface area (Å²) in [4.78, 5) is 12.4. The van der Waals surface area contributed by atoms with E-state index in [0.717, 1.165) is 44.9 Å². The Labute approximate surface area is 253 Å². The van der Waals surface area contributed by atoms with Crippen molar-refractivity contribution >= 4 is 5.91 Å². The molecule has 0 aromatic carbocycles. The van der Waals surface area contributed by atoms with Crippen molar-refractivity contribution in [3.05, 3.63) is 24.3 Å². The van der Waals surface area contributed by atoms with Gasteiger partial charge in [0.25, 0.3) is 0 Å².